The van der Waals surface area contributed by atoms with E-state index in [1.165, 1.54) is 5.56 Å². The molecule has 0 bridgehead atoms. The van der Waals surface area contributed by atoms with Crippen molar-refractivity contribution in [3.8, 4) is 0 Å². The molecule has 1 rings (SSSR count). The second-order valence-corrected chi connectivity index (χ2v) is 2.63. The molecular weight excluding hydrogens is 150 g/mol. The van der Waals surface area contributed by atoms with E-state index in [9.17, 15) is 0 Å². The average Bonchev–Trinajstić information content (AvgIpc) is 2.06. The Balaban J connectivity index is 2.75. The topological polar surface area (TPSA) is 33.1 Å². The van der Waals surface area contributed by atoms with Crippen molar-refractivity contribution in [3.63, 3.8) is 0 Å². The highest BCUT2D eigenvalue weighted by molar-refractivity contribution is 5.91. The summed E-state index contributed by atoms with van der Waals surface area (Å²) in [7, 11) is 0. The summed E-state index contributed by atoms with van der Waals surface area (Å²) in [5.74, 6) is 0.248. The molecule has 0 aromatic heterocycles. The predicted octanol–water partition coefficient (Wildman–Crippen LogP) is 2.36. The van der Waals surface area contributed by atoms with Gasteiger partial charge in [0.1, 0.15) is 0 Å². The lowest BCUT2D eigenvalue weighted by Gasteiger charge is -2.04. The molecule has 0 saturated heterocycles. The van der Waals surface area contributed by atoms with Gasteiger partial charge >= 0.3 is 0 Å². The summed E-state index contributed by atoms with van der Waals surface area (Å²) in [6, 6.07) is 7.74. The van der Waals surface area contributed by atoms with Crippen LogP contribution in [-0.4, -0.2) is 12.5 Å². The zero-order valence-electron chi connectivity index (χ0n) is 7.42. The molecule has 2 heteroatoms. The van der Waals surface area contributed by atoms with Crippen LogP contribution in [0.1, 0.15) is 18.1 Å². The van der Waals surface area contributed by atoms with Gasteiger partial charge in [-0.15, -0.1) is 0 Å². The molecule has 0 spiro atoms. The molecule has 0 aliphatic carbocycles. The molecule has 0 saturated carbocycles. The predicted molar refractivity (Wildman–Crippen MR) is 49.6 cm³/mol. The first-order valence-electron chi connectivity index (χ1n) is 4.02. The molecule has 64 valence electrons. The highest BCUT2D eigenvalue weighted by Gasteiger charge is 1.99. The Morgan fingerprint density at radius 1 is 1.33 bits per heavy atom. The van der Waals surface area contributed by atoms with Crippen LogP contribution in [0.4, 0.5) is 0 Å². The fourth-order valence-electron chi connectivity index (χ4n) is 0.933. The van der Waals surface area contributed by atoms with E-state index in [1.807, 2.05) is 38.1 Å². The van der Waals surface area contributed by atoms with Crippen molar-refractivity contribution in [2.24, 2.45) is 0 Å². The third-order valence-corrected chi connectivity index (χ3v) is 1.60. The number of hydrogen-bond donors (Lipinski definition) is 1. The van der Waals surface area contributed by atoms with Gasteiger partial charge in [-0.2, -0.15) is 0 Å². The molecule has 0 heterocycles. The lowest BCUT2D eigenvalue weighted by Crippen LogP contribution is -2.04. The van der Waals surface area contributed by atoms with E-state index >= 15 is 0 Å². The van der Waals surface area contributed by atoms with Crippen molar-refractivity contribution in [2.75, 3.05) is 6.61 Å². The molecule has 2 nitrogen and oxygen atoms in total. The van der Waals surface area contributed by atoms with E-state index in [0.29, 0.717) is 6.61 Å². The Hall–Kier alpha value is -1.31. The van der Waals surface area contributed by atoms with Gasteiger partial charge in [0.15, 0.2) is 0 Å². The highest BCUT2D eigenvalue weighted by atomic mass is 16.5. The number of benzene rings is 1. The van der Waals surface area contributed by atoms with E-state index in [1.54, 1.807) is 0 Å². The van der Waals surface area contributed by atoms with Gasteiger partial charge in [-0.05, 0) is 26.0 Å². The smallest absolute Gasteiger partial charge is 0.213 e. The maximum Gasteiger partial charge on any atom is 0.213 e. The average molecular weight is 163 g/mol. The molecule has 0 unspecified atom stereocenters. The summed E-state index contributed by atoms with van der Waals surface area (Å²) < 4.78 is 5.05. The van der Waals surface area contributed by atoms with Crippen molar-refractivity contribution in [3.05, 3.63) is 35.4 Å². The number of nitrogens with one attached hydrogen (secondary N) is 1. The Morgan fingerprint density at radius 2 is 1.92 bits per heavy atom. The minimum Gasteiger partial charge on any atom is -0.478 e. The van der Waals surface area contributed by atoms with Crippen LogP contribution in [0.15, 0.2) is 24.3 Å². The van der Waals surface area contributed by atoms with Crippen LogP contribution in [0, 0.1) is 12.3 Å². The van der Waals surface area contributed by atoms with Crippen LogP contribution in [0.3, 0.4) is 0 Å². The van der Waals surface area contributed by atoms with Crippen LogP contribution < -0.4 is 0 Å². The van der Waals surface area contributed by atoms with E-state index in [0.717, 1.165) is 5.56 Å². The molecule has 1 N–H and O–H groups in total. The van der Waals surface area contributed by atoms with Gasteiger partial charge in [0.25, 0.3) is 0 Å². The molecule has 0 amide bonds. The number of rotatable bonds is 2. The van der Waals surface area contributed by atoms with Crippen LogP contribution in [0.2, 0.25) is 0 Å². The lowest BCUT2D eigenvalue weighted by molar-refractivity contribution is 0.325. The molecule has 0 fully saturated rings. The third-order valence-electron chi connectivity index (χ3n) is 1.60. The van der Waals surface area contributed by atoms with E-state index < -0.39 is 0 Å². The van der Waals surface area contributed by atoms with E-state index in [4.69, 9.17) is 10.1 Å². The first kappa shape index (κ1) is 8.78. The third kappa shape index (κ3) is 2.09. The van der Waals surface area contributed by atoms with Crippen LogP contribution in [-0.2, 0) is 4.74 Å². The van der Waals surface area contributed by atoms with E-state index in [-0.39, 0.29) is 5.90 Å². The monoisotopic (exact) mass is 163 g/mol. The zero-order valence-corrected chi connectivity index (χ0v) is 7.42. The summed E-state index contributed by atoms with van der Waals surface area (Å²) in [5, 5.41) is 7.48. The second kappa shape index (κ2) is 3.90. The minimum atomic E-state index is 0.248. The Kier molecular flexibility index (Phi) is 2.86. The summed E-state index contributed by atoms with van der Waals surface area (Å²) in [5.41, 5.74) is 2.03. The number of ether oxygens (including phenoxy) is 1. The van der Waals surface area contributed by atoms with Gasteiger partial charge in [0, 0.05) is 5.56 Å². The van der Waals surface area contributed by atoms with Crippen LogP contribution in [0.5, 0.6) is 0 Å². The Labute approximate surface area is 72.7 Å². The standard InChI is InChI=1S/C10H13NO/c1-3-12-10(11)9-6-4-8(2)5-7-9/h4-7,11H,3H2,1-2H3. The van der Waals surface area contributed by atoms with Crippen molar-refractivity contribution < 1.29 is 4.74 Å². The molecule has 0 radical (unpaired) electrons. The second-order valence-electron chi connectivity index (χ2n) is 2.63. The quantitative estimate of drug-likeness (QED) is 0.527. The summed E-state index contributed by atoms with van der Waals surface area (Å²) >= 11 is 0. The largest absolute Gasteiger partial charge is 0.478 e. The number of aryl methyl sites for hydroxylation is 1. The summed E-state index contributed by atoms with van der Waals surface area (Å²) in [6.45, 7) is 4.45. The molecule has 0 aliphatic rings. The van der Waals surface area contributed by atoms with Crippen molar-refractivity contribution in [1.29, 1.82) is 5.41 Å². The van der Waals surface area contributed by atoms with Gasteiger partial charge in [-0.25, -0.2) is 0 Å². The van der Waals surface area contributed by atoms with Crippen LogP contribution in [0.25, 0.3) is 0 Å². The first-order valence-corrected chi connectivity index (χ1v) is 4.02. The fourth-order valence-corrected chi connectivity index (χ4v) is 0.933. The lowest BCUT2D eigenvalue weighted by atomic mass is 10.1. The van der Waals surface area contributed by atoms with Gasteiger partial charge in [-0.3, -0.25) is 5.41 Å². The van der Waals surface area contributed by atoms with Crippen molar-refractivity contribution >= 4 is 5.90 Å². The van der Waals surface area contributed by atoms with Crippen LogP contribution >= 0.6 is 0 Å². The van der Waals surface area contributed by atoms with Gasteiger partial charge in [0.2, 0.25) is 5.90 Å². The molecule has 0 aliphatic heterocycles. The SMILES string of the molecule is CCOC(=N)c1ccc(C)cc1. The highest BCUT2D eigenvalue weighted by Crippen LogP contribution is 2.04. The maximum absolute atomic E-state index is 7.48. The zero-order chi connectivity index (χ0) is 8.97. The Bertz CT molecular complexity index is 264. The molecular formula is C10H13NO. The molecule has 0 atom stereocenters. The molecule has 12 heavy (non-hydrogen) atoms. The summed E-state index contributed by atoms with van der Waals surface area (Å²) in [4.78, 5) is 0. The van der Waals surface area contributed by atoms with Gasteiger partial charge in [0.05, 0.1) is 6.61 Å². The minimum absolute atomic E-state index is 0.248. The van der Waals surface area contributed by atoms with Gasteiger partial charge in [-0.1, -0.05) is 17.7 Å². The normalized spacial score (nSPS) is 9.50. The van der Waals surface area contributed by atoms with E-state index in [2.05, 4.69) is 0 Å². The maximum atomic E-state index is 7.48. The molecule has 1 aromatic rings. The van der Waals surface area contributed by atoms with Crippen molar-refractivity contribution in [1.82, 2.24) is 0 Å². The number of hydrogen-bond acceptors (Lipinski definition) is 2. The van der Waals surface area contributed by atoms with Crippen molar-refractivity contribution in [2.45, 2.75) is 13.8 Å². The Morgan fingerprint density at radius 3 is 2.42 bits per heavy atom. The van der Waals surface area contributed by atoms with Gasteiger partial charge < -0.3 is 4.74 Å². The fraction of sp³-hybridized carbons (Fsp3) is 0.300. The first-order chi connectivity index (χ1) is 5.74. The summed E-state index contributed by atoms with van der Waals surface area (Å²) in [6.07, 6.45) is 0. The molecule has 1 aromatic carbocycles.